The molecule has 0 spiro atoms. The first-order valence-electron chi connectivity index (χ1n) is 6.16. The highest BCUT2D eigenvalue weighted by atomic mass is 28.3. The van der Waals surface area contributed by atoms with E-state index < -0.39 is 8.96 Å². The summed E-state index contributed by atoms with van der Waals surface area (Å²) in [4.78, 5) is 0. The molecule has 1 unspecified atom stereocenters. The maximum absolute atomic E-state index is 4.01. The van der Waals surface area contributed by atoms with Gasteiger partial charge >= 0.3 is 0 Å². The average Bonchev–Trinajstić information content (AvgIpc) is 2.21. The molecule has 0 saturated heterocycles. The monoisotopic (exact) mass is 213 g/mol. The molecule has 0 heterocycles. The highest BCUT2D eigenvalue weighted by molar-refractivity contribution is 6.61. The lowest BCUT2D eigenvalue weighted by atomic mass is 10.3. The van der Waals surface area contributed by atoms with Crippen LogP contribution in [0.5, 0.6) is 0 Å². The summed E-state index contributed by atoms with van der Waals surface area (Å²) in [5.74, 6) is 0. The van der Waals surface area contributed by atoms with Crippen LogP contribution < -0.4 is 0 Å². The van der Waals surface area contributed by atoms with Crippen molar-refractivity contribution in [2.45, 2.75) is 52.5 Å². The van der Waals surface area contributed by atoms with Gasteiger partial charge in [0.05, 0.1) is 0 Å². The second-order valence-corrected chi connectivity index (χ2v) is 6.89. The van der Waals surface area contributed by atoms with Crippen molar-refractivity contribution in [1.82, 2.24) is 4.57 Å². The first-order valence-corrected chi connectivity index (χ1v) is 8.16. The van der Waals surface area contributed by atoms with E-state index in [1.165, 1.54) is 44.8 Å². The Labute approximate surface area is 91.9 Å². The van der Waals surface area contributed by atoms with Crippen molar-refractivity contribution in [3.63, 3.8) is 0 Å². The van der Waals surface area contributed by atoms with Crippen LogP contribution in [0.25, 0.3) is 0 Å². The van der Waals surface area contributed by atoms with Crippen LogP contribution in [0.1, 0.15) is 46.5 Å². The largest absolute Gasteiger partial charge is 0.323 e. The van der Waals surface area contributed by atoms with E-state index in [4.69, 9.17) is 0 Å². The van der Waals surface area contributed by atoms with Gasteiger partial charge in [-0.2, -0.15) is 0 Å². The zero-order chi connectivity index (χ0) is 10.8. The number of rotatable bonds is 9. The van der Waals surface area contributed by atoms with Crippen LogP contribution in [0.3, 0.4) is 0 Å². The Hall–Kier alpha value is -0.0831. The molecule has 84 valence electrons. The highest BCUT2D eigenvalue weighted by Gasteiger charge is 2.14. The molecular weight excluding hydrogens is 186 g/mol. The molecule has 0 aliphatic carbocycles. The molecule has 0 rings (SSSR count). The standard InChI is InChI=1S/C12H27NSi/c1-5-9-11-13(10-6-2)14(8-4)12-7-3/h8,14H,4-7,9-12H2,1-3H3. The molecule has 0 aromatic heterocycles. The van der Waals surface area contributed by atoms with Gasteiger partial charge in [-0.3, -0.25) is 0 Å². The van der Waals surface area contributed by atoms with Gasteiger partial charge in [0.1, 0.15) is 8.96 Å². The summed E-state index contributed by atoms with van der Waals surface area (Å²) < 4.78 is 2.72. The second-order valence-electron chi connectivity index (χ2n) is 3.98. The zero-order valence-corrected chi connectivity index (χ0v) is 11.4. The molecule has 1 atom stereocenters. The molecular formula is C12H27NSi. The Kier molecular flexibility index (Phi) is 9.41. The summed E-state index contributed by atoms with van der Waals surface area (Å²) in [7, 11) is -0.780. The molecule has 0 fully saturated rings. The fourth-order valence-corrected chi connectivity index (χ4v) is 4.43. The molecule has 0 aliphatic heterocycles. The number of nitrogens with zero attached hydrogens (tertiary/aromatic N) is 1. The third kappa shape index (κ3) is 5.61. The highest BCUT2D eigenvalue weighted by Crippen LogP contribution is 2.07. The number of hydrogen-bond donors (Lipinski definition) is 0. The van der Waals surface area contributed by atoms with Gasteiger partial charge in [-0.05, 0) is 32.0 Å². The summed E-state index contributed by atoms with van der Waals surface area (Å²) in [5, 5.41) is 0. The van der Waals surface area contributed by atoms with Gasteiger partial charge in [-0.1, -0.05) is 39.3 Å². The summed E-state index contributed by atoms with van der Waals surface area (Å²) in [6.45, 7) is 13.4. The molecule has 0 radical (unpaired) electrons. The van der Waals surface area contributed by atoms with E-state index in [1.54, 1.807) is 0 Å². The molecule has 0 amide bonds. The third-order valence-electron chi connectivity index (χ3n) is 2.64. The molecule has 0 bridgehead atoms. The Bertz CT molecular complexity index is 136. The van der Waals surface area contributed by atoms with Crippen molar-refractivity contribution >= 4 is 8.96 Å². The summed E-state index contributed by atoms with van der Waals surface area (Å²) in [6.07, 6.45) is 5.26. The minimum absolute atomic E-state index is 0.780. The van der Waals surface area contributed by atoms with E-state index in [9.17, 15) is 0 Å². The normalized spacial score (nSPS) is 13.1. The first kappa shape index (κ1) is 13.9. The minimum Gasteiger partial charge on any atom is -0.323 e. The lowest BCUT2D eigenvalue weighted by Gasteiger charge is -2.28. The lowest BCUT2D eigenvalue weighted by molar-refractivity contribution is 0.421. The van der Waals surface area contributed by atoms with Crippen molar-refractivity contribution in [3.05, 3.63) is 12.3 Å². The fourth-order valence-electron chi connectivity index (χ4n) is 1.84. The van der Waals surface area contributed by atoms with Gasteiger partial charge in [0, 0.05) is 0 Å². The van der Waals surface area contributed by atoms with Crippen LogP contribution in [-0.2, 0) is 0 Å². The van der Waals surface area contributed by atoms with E-state index in [0.29, 0.717) is 0 Å². The molecule has 0 aliphatic rings. The predicted molar refractivity (Wildman–Crippen MR) is 69.2 cm³/mol. The van der Waals surface area contributed by atoms with Crippen molar-refractivity contribution in [2.24, 2.45) is 0 Å². The molecule has 0 saturated carbocycles. The Morgan fingerprint density at radius 2 is 1.79 bits per heavy atom. The quantitative estimate of drug-likeness (QED) is 0.531. The van der Waals surface area contributed by atoms with Crippen molar-refractivity contribution in [1.29, 1.82) is 0 Å². The van der Waals surface area contributed by atoms with Gasteiger partial charge in [-0.15, -0.1) is 6.58 Å². The Morgan fingerprint density at radius 1 is 1.07 bits per heavy atom. The average molecular weight is 213 g/mol. The third-order valence-corrected chi connectivity index (χ3v) is 5.80. The lowest BCUT2D eigenvalue weighted by Crippen LogP contribution is -2.39. The van der Waals surface area contributed by atoms with E-state index in [-0.39, 0.29) is 0 Å². The van der Waals surface area contributed by atoms with Crippen LogP contribution in [0.15, 0.2) is 12.3 Å². The Balaban J connectivity index is 4.04. The van der Waals surface area contributed by atoms with E-state index in [2.05, 4.69) is 37.6 Å². The topological polar surface area (TPSA) is 3.24 Å². The maximum atomic E-state index is 4.01. The van der Waals surface area contributed by atoms with Gasteiger partial charge < -0.3 is 4.57 Å². The van der Waals surface area contributed by atoms with Crippen LogP contribution in [0.2, 0.25) is 6.04 Å². The van der Waals surface area contributed by atoms with Crippen molar-refractivity contribution < 1.29 is 0 Å². The Morgan fingerprint density at radius 3 is 2.21 bits per heavy atom. The zero-order valence-electron chi connectivity index (χ0n) is 10.3. The van der Waals surface area contributed by atoms with Gasteiger partial charge in [0.25, 0.3) is 0 Å². The molecule has 1 nitrogen and oxygen atoms in total. The number of hydrogen-bond acceptors (Lipinski definition) is 1. The maximum Gasteiger partial charge on any atom is 0.135 e. The van der Waals surface area contributed by atoms with Crippen LogP contribution >= 0.6 is 0 Å². The van der Waals surface area contributed by atoms with Crippen LogP contribution in [-0.4, -0.2) is 26.6 Å². The SMILES string of the molecule is C=C[SiH](CCC)N(CCC)CCCC. The van der Waals surface area contributed by atoms with E-state index in [1.807, 2.05) is 0 Å². The first-order chi connectivity index (χ1) is 6.79. The smallest absolute Gasteiger partial charge is 0.135 e. The molecule has 0 aromatic carbocycles. The number of unbranched alkanes of at least 4 members (excludes halogenated alkanes) is 1. The molecule has 0 aromatic rings. The summed E-state index contributed by atoms with van der Waals surface area (Å²) in [6, 6.07) is 1.40. The van der Waals surface area contributed by atoms with E-state index >= 15 is 0 Å². The fraction of sp³-hybridized carbons (Fsp3) is 0.833. The minimum atomic E-state index is -0.780. The van der Waals surface area contributed by atoms with Crippen molar-refractivity contribution in [3.8, 4) is 0 Å². The molecule has 0 N–H and O–H groups in total. The van der Waals surface area contributed by atoms with Crippen LogP contribution in [0, 0.1) is 0 Å². The van der Waals surface area contributed by atoms with Crippen LogP contribution in [0.4, 0.5) is 0 Å². The van der Waals surface area contributed by atoms with Gasteiger partial charge in [-0.25, -0.2) is 0 Å². The molecule has 2 heteroatoms. The molecule has 14 heavy (non-hydrogen) atoms. The van der Waals surface area contributed by atoms with E-state index in [0.717, 1.165) is 0 Å². The van der Waals surface area contributed by atoms with Gasteiger partial charge in [0.2, 0.25) is 0 Å². The second kappa shape index (κ2) is 9.47. The van der Waals surface area contributed by atoms with Crippen molar-refractivity contribution in [2.75, 3.05) is 13.1 Å². The summed E-state index contributed by atoms with van der Waals surface area (Å²) in [5.41, 5.74) is 2.26. The van der Waals surface area contributed by atoms with Gasteiger partial charge in [0.15, 0.2) is 0 Å². The summed E-state index contributed by atoms with van der Waals surface area (Å²) >= 11 is 0. The predicted octanol–water partition coefficient (Wildman–Crippen LogP) is 3.36.